The third-order valence-electron chi connectivity index (χ3n) is 6.16. The Labute approximate surface area is 187 Å². The van der Waals surface area contributed by atoms with Crippen molar-refractivity contribution in [2.45, 2.75) is 32.4 Å². The van der Waals surface area contributed by atoms with Gasteiger partial charge in [-0.1, -0.05) is 30.3 Å². The van der Waals surface area contributed by atoms with Gasteiger partial charge in [-0.25, -0.2) is 4.98 Å². The summed E-state index contributed by atoms with van der Waals surface area (Å²) in [5.74, 6) is 0.553. The van der Waals surface area contributed by atoms with Crippen LogP contribution in [0.25, 0.3) is 22.5 Å². The van der Waals surface area contributed by atoms with E-state index >= 15 is 0 Å². The van der Waals surface area contributed by atoms with Crippen molar-refractivity contribution >= 4 is 16.9 Å². The molecule has 1 aliphatic heterocycles. The molecule has 0 bridgehead atoms. The SMILES string of the molecule is Cc1nn(C)c2nc(-c3ccco3)cc(C(=O)NC3CCN(Cc4ccccc4)CC3)c12. The Morgan fingerprint density at radius 2 is 1.94 bits per heavy atom. The van der Waals surface area contributed by atoms with Gasteiger partial charge in [0, 0.05) is 32.7 Å². The standard InChI is InChI=1S/C25H27N5O2/c1-17-23-20(15-21(22-9-6-14-32-22)27-24(23)29(2)28-17)25(31)26-19-10-12-30(13-11-19)16-18-7-4-3-5-8-18/h3-9,14-15,19H,10-13,16H2,1-2H3,(H,26,31). The van der Waals surface area contributed by atoms with E-state index in [9.17, 15) is 4.79 Å². The monoisotopic (exact) mass is 429 g/mol. The maximum absolute atomic E-state index is 13.4. The first kappa shape index (κ1) is 20.5. The molecule has 0 radical (unpaired) electrons. The van der Waals surface area contributed by atoms with Crippen LogP contribution in [0, 0.1) is 6.92 Å². The molecule has 3 aromatic heterocycles. The van der Waals surface area contributed by atoms with E-state index in [0.29, 0.717) is 22.7 Å². The number of rotatable bonds is 5. The second kappa shape index (κ2) is 8.59. The van der Waals surface area contributed by atoms with Crippen molar-refractivity contribution in [3.8, 4) is 11.5 Å². The zero-order valence-corrected chi connectivity index (χ0v) is 18.4. The number of carbonyl (C=O) groups is 1. The minimum Gasteiger partial charge on any atom is -0.463 e. The number of aryl methyl sites for hydroxylation is 2. The molecule has 1 saturated heterocycles. The van der Waals surface area contributed by atoms with Gasteiger partial charge in [-0.3, -0.25) is 14.4 Å². The molecule has 1 N–H and O–H groups in total. The second-order valence-electron chi connectivity index (χ2n) is 8.45. The Morgan fingerprint density at radius 1 is 1.16 bits per heavy atom. The predicted octanol–water partition coefficient (Wildman–Crippen LogP) is 3.93. The zero-order chi connectivity index (χ0) is 22.1. The van der Waals surface area contributed by atoms with Crippen LogP contribution in [0.4, 0.5) is 0 Å². The van der Waals surface area contributed by atoms with Crippen molar-refractivity contribution in [2.75, 3.05) is 13.1 Å². The van der Waals surface area contributed by atoms with Crippen molar-refractivity contribution in [1.82, 2.24) is 25.0 Å². The van der Waals surface area contributed by atoms with E-state index in [1.165, 1.54) is 5.56 Å². The lowest BCUT2D eigenvalue weighted by atomic mass is 10.0. The molecule has 0 aliphatic carbocycles. The fraction of sp³-hybridized carbons (Fsp3) is 0.320. The molecule has 164 valence electrons. The number of amides is 1. The summed E-state index contributed by atoms with van der Waals surface area (Å²) in [6.07, 6.45) is 3.48. The highest BCUT2D eigenvalue weighted by Gasteiger charge is 2.24. The molecule has 32 heavy (non-hydrogen) atoms. The van der Waals surface area contributed by atoms with Crippen molar-refractivity contribution in [2.24, 2.45) is 7.05 Å². The first-order valence-corrected chi connectivity index (χ1v) is 11.0. The molecule has 0 atom stereocenters. The summed E-state index contributed by atoms with van der Waals surface area (Å²) in [4.78, 5) is 20.5. The fourth-order valence-electron chi connectivity index (χ4n) is 4.51. The van der Waals surface area contributed by atoms with Crippen LogP contribution in [-0.4, -0.2) is 44.7 Å². The molecule has 4 heterocycles. The molecule has 7 heteroatoms. The van der Waals surface area contributed by atoms with E-state index in [1.807, 2.05) is 38.2 Å². The second-order valence-corrected chi connectivity index (χ2v) is 8.45. The third kappa shape index (κ3) is 4.03. The van der Waals surface area contributed by atoms with Crippen molar-refractivity contribution < 1.29 is 9.21 Å². The number of nitrogens with one attached hydrogen (secondary N) is 1. The van der Waals surface area contributed by atoms with Crippen molar-refractivity contribution in [3.05, 3.63) is 71.6 Å². The third-order valence-corrected chi connectivity index (χ3v) is 6.16. The number of aromatic nitrogens is 3. The summed E-state index contributed by atoms with van der Waals surface area (Å²) in [7, 11) is 1.85. The van der Waals surface area contributed by atoms with Crippen LogP contribution in [0.2, 0.25) is 0 Å². The molecular weight excluding hydrogens is 402 g/mol. The first-order chi connectivity index (χ1) is 15.6. The molecule has 7 nitrogen and oxygen atoms in total. The van der Waals surface area contributed by atoms with E-state index in [-0.39, 0.29) is 11.9 Å². The molecule has 0 spiro atoms. The number of furan rings is 1. The molecule has 1 amide bonds. The van der Waals surface area contributed by atoms with Crippen molar-refractivity contribution in [3.63, 3.8) is 0 Å². The highest BCUT2D eigenvalue weighted by molar-refractivity contribution is 6.07. The van der Waals surface area contributed by atoms with E-state index in [0.717, 1.165) is 43.6 Å². The van der Waals surface area contributed by atoms with Gasteiger partial charge in [0.05, 0.1) is 22.9 Å². The van der Waals surface area contributed by atoms with Crippen LogP contribution in [-0.2, 0) is 13.6 Å². The predicted molar refractivity (Wildman–Crippen MR) is 123 cm³/mol. The molecule has 0 unspecified atom stereocenters. The summed E-state index contributed by atoms with van der Waals surface area (Å²) in [5.41, 5.74) is 4.03. The molecular formula is C25H27N5O2. The van der Waals surface area contributed by atoms with Crippen LogP contribution in [0.15, 0.2) is 59.2 Å². The van der Waals surface area contributed by atoms with Crippen LogP contribution in [0.1, 0.15) is 34.5 Å². The lowest BCUT2D eigenvalue weighted by Gasteiger charge is -2.32. The van der Waals surface area contributed by atoms with Gasteiger partial charge in [0.1, 0.15) is 5.69 Å². The van der Waals surface area contributed by atoms with Crippen LogP contribution < -0.4 is 5.32 Å². The van der Waals surface area contributed by atoms with Gasteiger partial charge >= 0.3 is 0 Å². The fourth-order valence-corrected chi connectivity index (χ4v) is 4.51. The topological polar surface area (TPSA) is 76.2 Å². The zero-order valence-electron chi connectivity index (χ0n) is 18.4. The van der Waals surface area contributed by atoms with Crippen LogP contribution >= 0.6 is 0 Å². The van der Waals surface area contributed by atoms with Gasteiger partial charge < -0.3 is 9.73 Å². The number of hydrogen-bond acceptors (Lipinski definition) is 5. The summed E-state index contributed by atoms with van der Waals surface area (Å²) in [6, 6.07) is 16.2. The largest absolute Gasteiger partial charge is 0.463 e. The van der Waals surface area contributed by atoms with Crippen LogP contribution in [0.5, 0.6) is 0 Å². The Balaban J connectivity index is 1.33. The normalized spacial score (nSPS) is 15.3. The Bertz CT molecular complexity index is 1220. The van der Waals surface area contributed by atoms with Gasteiger partial charge in [-0.15, -0.1) is 0 Å². The lowest BCUT2D eigenvalue weighted by Crippen LogP contribution is -2.44. The smallest absolute Gasteiger partial charge is 0.252 e. The average Bonchev–Trinajstić information content (AvgIpc) is 3.44. The maximum Gasteiger partial charge on any atom is 0.252 e. The number of piperidine rings is 1. The molecule has 0 saturated carbocycles. The summed E-state index contributed by atoms with van der Waals surface area (Å²) in [5, 5.41) is 8.54. The first-order valence-electron chi connectivity index (χ1n) is 11.0. The van der Waals surface area contributed by atoms with Gasteiger partial charge in [0.25, 0.3) is 5.91 Å². The summed E-state index contributed by atoms with van der Waals surface area (Å²) in [6.45, 7) is 4.80. The van der Waals surface area contributed by atoms with Gasteiger partial charge in [-0.05, 0) is 43.5 Å². The lowest BCUT2D eigenvalue weighted by molar-refractivity contribution is 0.0910. The van der Waals surface area contributed by atoms with Gasteiger partial charge in [-0.2, -0.15) is 5.10 Å². The molecule has 1 fully saturated rings. The summed E-state index contributed by atoms with van der Waals surface area (Å²) >= 11 is 0. The Kier molecular flexibility index (Phi) is 5.49. The molecule has 1 aromatic carbocycles. The minimum atomic E-state index is -0.0807. The number of hydrogen-bond donors (Lipinski definition) is 1. The van der Waals surface area contributed by atoms with E-state index in [4.69, 9.17) is 9.40 Å². The number of likely N-dealkylation sites (tertiary alicyclic amines) is 1. The maximum atomic E-state index is 13.4. The molecule has 1 aliphatic rings. The average molecular weight is 430 g/mol. The molecule has 4 aromatic rings. The van der Waals surface area contributed by atoms with E-state index in [1.54, 1.807) is 10.9 Å². The molecule has 5 rings (SSSR count). The number of nitrogens with zero attached hydrogens (tertiary/aromatic N) is 4. The number of fused-ring (bicyclic) bond motifs is 1. The highest BCUT2D eigenvalue weighted by atomic mass is 16.3. The highest BCUT2D eigenvalue weighted by Crippen LogP contribution is 2.27. The number of benzene rings is 1. The quantitative estimate of drug-likeness (QED) is 0.520. The minimum absolute atomic E-state index is 0.0807. The van der Waals surface area contributed by atoms with Gasteiger partial charge in [0.15, 0.2) is 11.4 Å². The summed E-state index contributed by atoms with van der Waals surface area (Å²) < 4.78 is 7.25. The Hall–Kier alpha value is -3.45. The number of carbonyl (C=O) groups excluding carboxylic acids is 1. The van der Waals surface area contributed by atoms with E-state index < -0.39 is 0 Å². The van der Waals surface area contributed by atoms with Crippen molar-refractivity contribution in [1.29, 1.82) is 0 Å². The Morgan fingerprint density at radius 3 is 2.66 bits per heavy atom. The van der Waals surface area contributed by atoms with Gasteiger partial charge in [0.2, 0.25) is 0 Å². The van der Waals surface area contributed by atoms with Crippen LogP contribution in [0.3, 0.4) is 0 Å². The number of pyridine rings is 1. The van der Waals surface area contributed by atoms with E-state index in [2.05, 4.69) is 39.6 Å².